The summed E-state index contributed by atoms with van der Waals surface area (Å²) in [5.41, 5.74) is 6.63. The summed E-state index contributed by atoms with van der Waals surface area (Å²) < 4.78 is 0. The Labute approximate surface area is 153 Å². The first-order valence-corrected chi connectivity index (χ1v) is 9.74. The first-order valence-electron chi connectivity index (χ1n) is 8.86. The first-order chi connectivity index (χ1) is 12.3. The minimum atomic E-state index is 0.250. The molecule has 4 heteroatoms. The summed E-state index contributed by atoms with van der Waals surface area (Å²) in [4.78, 5) is 4.83. The summed E-state index contributed by atoms with van der Waals surface area (Å²) in [6.07, 6.45) is 1.12. The molecule has 2 aromatic carbocycles. The number of hydrogen-bond acceptors (Lipinski definition) is 4. The molecule has 1 unspecified atom stereocenters. The maximum Gasteiger partial charge on any atom is 0.110 e. The first kappa shape index (κ1) is 16.5. The molecule has 0 spiro atoms. The number of hydrogen-bond donors (Lipinski definition) is 2. The van der Waals surface area contributed by atoms with E-state index in [4.69, 9.17) is 4.98 Å². The predicted octanol–water partition coefficient (Wildman–Crippen LogP) is 4.31. The largest absolute Gasteiger partial charge is 0.312 e. The van der Waals surface area contributed by atoms with Crippen LogP contribution < -0.4 is 10.6 Å². The van der Waals surface area contributed by atoms with Gasteiger partial charge in [-0.25, -0.2) is 4.98 Å². The van der Waals surface area contributed by atoms with Crippen LogP contribution in [0.5, 0.6) is 0 Å². The number of thiazole rings is 1. The Bertz CT molecular complexity index is 841. The molecule has 0 fully saturated rings. The lowest BCUT2D eigenvalue weighted by Crippen LogP contribution is -2.26. The smallest absolute Gasteiger partial charge is 0.110 e. The van der Waals surface area contributed by atoms with E-state index >= 15 is 0 Å². The summed E-state index contributed by atoms with van der Waals surface area (Å²) in [6, 6.07) is 17.3. The average molecular weight is 350 g/mol. The van der Waals surface area contributed by atoms with Gasteiger partial charge in [0.2, 0.25) is 0 Å². The van der Waals surface area contributed by atoms with Crippen molar-refractivity contribution < 1.29 is 0 Å². The average Bonchev–Trinajstić information content (AvgIpc) is 3.17. The van der Waals surface area contributed by atoms with Crippen molar-refractivity contribution in [2.75, 3.05) is 6.54 Å². The van der Waals surface area contributed by atoms with Crippen molar-refractivity contribution in [1.82, 2.24) is 15.6 Å². The zero-order valence-corrected chi connectivity index (χ0v) is 15.3. The molecule has 1 aliphatic rings. The van der Waals surface area contributed by atoms with E-state index in [0.29, 0.717) is 0 Å². The van der Waals surface area contributed by atoms with Crippen molar-refractivity contribution in [2.24, 2.45) is 0 Å². The van der Waals surface area contributed by atoms with Crippen LogP contribution in [0.25, 0.3) is 11.3 Å². The summed E-state index contributed by atoms with van der Waals surface area (Å²) >= 11 is 1.73. The summed E-state index contributed by atoms with van der Waals surface area (Å²) in [7, 11) is 0. The Balaban J connectivity index is 1.45. The fourth-order valence-corrected chi connectivity index (χ4v) is 4.21. The monoisotopic (exact) mass is 349 g/mol. The van der Waals surface area contributed by atoms with Crippen molar-refractivity contribution in [2.45, 2.75) is 32.5 Å². The van der Waals surface area contributed by atoms with Gasteiger partial charge in [0.1, 0.15) is 5.01 Å². The molecule has 0 radical (unpaired) electrons. The van der Waals surface area contributed by atoms with E-state index in [-0.39, 0.29) is 6.04 Å². The molecule has 0 bridgehead atoms. The topological polar surface area (TPSA) is 37.0 Å². The number of nitrogens with one attached hydrogen (secondary N) is 2. The van der Waals surface area contributed by atoms with E-state index in [1.54, 1.807) is 11.3 Å². The zero-order valence-electron chi connectivity index (χ0n) is 14.5. The van der Waals surface area contributed by atoms with E-state index in [0.717, 1.165) is 36.8 Å². The van der Waals surface area contributed by atoms with Gasteiger partial charge in [-0.05, 0) is 36.6 Å². The Morgan fingerprint density at radius 1 is 1.16 bits per heavy atom. The lowest BCUT2D eigenvalue weighted by molar-refractivity contribution is 0.563. The van der Waals surface area contributed by atoms with Gasteiger partial charge in [0.25, 0.3) is 0 Å². The van der Waals surface area contributed by atoms with E-state index in [9.17, 15) is 0 Å². The molecule has 25 heavy (non-hydrogen) atoms. The second-order valence-corrected chi connectivity index (χ2v) is 7.41. The molecular formula is C21H23N3S. The normalized spacial score (nSPS) is 14.9. The Hall–Kier alpha value is -2.01. The molecule has 0 aliphatic carbocycles. The standard InChI is InChI=1S/C21H23N3S/c1-15(21-24-20(14-25-21)16-6-3-2-4-7-16)23-13-18-9-5-8-17-12-22-11-10-19(17)18/h2-9,14-15,22-23H,10-13H2,1H3. The predicted molar refractivity (Wildman–Crippen MR) is 105 cm³/mol. The molecule has 0 saturated carbocycles. The number of nitrogens with zero attached hydrogens (tertiary/aromatic N) is 1. The highest BCUT2D eigenvalue weighted by Crippen LogP contribution is 2.26. The third kappa shape index (κ3) is 3.66. The van der Waals surface area contributed by atoms with Gasteiger partial charge in [-0.3, -0.25) is 0 Å². The molecule has 1 aliphatic heterocycles. The second kappa shape index (κ2) is 7.48. The molecule has 0 amide bonds. The minimum absolute atomic E-state index is 0.250. The number of aromatic nitrogens is 1. The number of benzene rings is 2. The fraction of sp³-hybridized carbons (Fsp3) is 0.286. The molecule has 4 rings (SSSR count). The maximum absolute atomic E-state index is 4.83. The molecule has 1 aromatic heterocycles. The molecule has 128 valence electrons. The van der Waals surface area contributed by atoms with Crippen LogP contribution in [0.2, 0.25) is 0 Å². The third-order valence-electron chi connectivity index (χ3n) is 4.80. The van der Waals surface area contributed by atoms with Crippen molar-refractivity contribution in [3.8, 4) is 11.3 Å². The highest BCUT2D eigenvalue weighted by atomic mass is 32.1. The van der Waals surface area contributed by atoms with E-state index in [2.05, 4.69) is 65.4 Å². The lowest BCUT2D eigenvalue weighted by Gasteiger charge is -2.21. The molecule has 1 atom stereocenters. The Morgan fingerprint density at radius 3 is 2.92 bits per heavy atom. The van der Waals surface area contributed by atoms with Crippen molar-refractivity contribution in [3.05, 3.63) is 75.6 Å². The van der Waals surface area contributed by atoms with Crippen molar-refractivity contribution in [3.63, 3.8) is 0 Å². The zero-order chi connectivity index (χ0) is 17.1. The van der Waals surface area contributed by atoms with Crippen LogP contribution in [0, 0.1) is 0 Å². The molecule has 0 saturated heterocycles. The highest BCUT2D eigenvalue weighted by molar-refractivity contribution is 7.10. The molecule has 2 N–H and O–H groups in total. The van der Waals surface area contributed by atoms with Crippen LogP contribution >= 0.6 is 11.3 Å². The van der Waals surface area contributed by atoms with Crippen LogP contribution in [-0.2, 0) is 19.5 Å². The van der Waals surface area contributed by atoms with Crippen LogP contribution in [0.4, 0.5) is 0 Å². The lowest BCUT2D eigenvalue weighted by atomic mass is 9.95. The SMILES string of the molecule is CC(NCc1cccc2c1CCNC2)c1nc(-c2ccccc2)cs1. The van der Waals surface area contributed by atoms with Gasteiger partial charge >= 0.3 is 0 Å². The van der Waals surface area contributed by atoms with Gasteiger partial charge in [-0.2, -0.15) is 0 Å². The summed E-state index contributed by atoms with van der Waals surface area (Å²) in [6.45, 7) is 5.16. The molecule has 3 aromatic rings. The fourth-order valence-electron chi connectivity index (χ4n) is 3.35. The van der Waals surface area contributed by atoms with E-state index in [1.807, 2.05) is 6.07 Å². The quantitative estimate of drug-likeness (QED) is 0.721. The third-order valence-corrected chi connectivity index (χ3v) is 5.83. The van der Waals surface area contributed by atoms with Crippen LogP contribution in [0.1, 0.15) is 34.7 Å². The van der Waals surface area contributed by atoms with Crippen molar-refractivity contribution in [1.29, 1.82) is 0 Å². The number of rotatable bonds is 5. The van der Waals surface area contributed by atoms with Gasteiger partial charge < -0.3 is 10.6 Å². The van der Waals surface area contributed by atoms with Gasteiger partial charge in [0.05, 0.1) is 11.7 Å². The second-order valence-electron chi connectivity index (χ2n) is 6.52. The molecule has 3 nitrogen and oxygen atoms in total. The maximum atomic E-state index is 4.83. The van der Waals surface area contributed by atoms with Gasteiger partial charge in [0.15, 0.2) is 0 Å². The highest BCUT2D eigenvalue weighted by Gasteiger charge is 2.15. The number of fused-ring (bicyclic) bond motifs is 1. The van der Waals surface area contributed by atoms with Crippen LogP contribution in [0.15, 0.2) is 53.9 Å². The van der Waals surface area contributed by atoms with Crippen LogP contribution in [0.3, 0.4) is 0 Å². The van der Waals surface area contributed by atoms with E-state index < -0.39 is 0 Å². The molecular weight excluding hydrogens is 326 g/mol. The summed E-state index contributed by atoms with van der Waals surface area (Å²) in [5.74, 6) is 0. The van der Waals surface area contributed by atoms with Crippen molar-refractivity contribution >= 4 is 11.3 Å². The minimum Gasteiger partial charge on any atom is -0.312 e. The molecule has 2 heterocycles. The van der Waals surface area contributed by atoms with Gasteiger partial charge in [-0.15, -0.1) is 11.3 Å². The van der Waals surface area contributed by atoms with Crippen LogP contribution in [-0.4, -0.2) is 11.5 Å². The van der Waals surface area contributed by atoms with Gasteiger partial charge in [0, 0.05) is 24.0 Å². The summed E-state index contributed by atoms with van der Waals surface area (Å²) in [5, 5.41) is 10.4. The van der Waals surface area contributed by atoms with Gasteiger partial charge in [-0.1, -0.05) is 48.5 Å². The Morgan fingerprint density at radius 2 is 2.04 bits per heavy atom. The Kier molecular flexibility index (Phi) is 4.92. The van der Waals surface area contributed by atoms with E-state index in [1.165, 1.54) is 22.3 Å².